The van der Waals surface area contributed by atoms with Crippen LogP contribution >= 0.6 is 0 Å². The van der Waals surface area contributed by atoms with Crippen LogP contribution in [0.5, 0.6) is 11.5 Å². The van der Waals surface area contributed by atoms with E-state index in [-0.39, 0.29) is 11.3 Å². The molecule has 4 heteroatoms. The first-order valence-corrected chi connectivity index (χ1v) is 10.5. The summed E-state index contributed by atoms with van der Waals surface area (Å²) in [6, 6.07) is 19.5. The Kier molecular flexibility index (Phi) is 6.69. The molecule has 4 nitrogen and oxygen atoms in total. The Morgan fingerprint density at radius 1 is 0.935 bits per heavy atom. The second-order valence-electron chi connectivity index (χ2n) is 8.83. The maximum absolute atomic E-state index is 12.9. The van der Waals surface area contributed by atoms with E-state index >= 15 is 0 Å². The Bertz CT molecular complexity index is 1080. The van der Waals surface area contributed by atoms with Gasteiger partial charge in [0.2, 0.25) is 0 Å². The third kappa shape index (κ3) is 5.46. The van der Waals surface area contributed by atoms with Crippen molar-refractivity contribution in [2.75, 3.05) is 12.4 Å². The lowest BCUT2D eigenvalue weighted by Gasteiger charge is -2.23. The molecule has 3 aromatic rings. The molecule has 0 spiro atoms. The molecule has 0 aromatic heterocycles. The molecule has 31 heavy (non-hydrogen) atoms. The number of aryl methyl sites for hydroxylation is 2. The van der Waals surface area contributed by atoms with E-state index in [4.69, 9.17) is 9.47 Å². The summed E-state index contributed by atoms with van der Waals surface area (Å²) in [5.74, 6) is 1.37. The minimum absolute atomic E-state index is 0.0336. The summed E-state index contributed by atoms with van der Waals surface area (Å²) in [5.41, 5.74) is 5.42. The fourth-order valence-corrected chi connectivity index (χ4v) is 3.47. The van der Waals surface area contributed by atoms with Crippen molar-refractivity contribution in [2.24, 2.45) is 0 Å². The van der Waals surface area contributed by atoms with Gasteiger partial charge in [-0.15, -0.1) is 0 Å². The number of carbonyl (C=O) groups is 1. The van der Waals surface area contributed by atoms with E-state index in [2.05, 4.69) is 32.2 Å². The van der Waals surface area contributed by atoms with Crippen LogP contribution in [0.4, 0.5) is 5.69 Å². The molecule has 0 bridgehead atoms. The highest BCUT2D eigenvalue weighted by molar-refractivity contribution is 6.04. The molecule has 0 aliphatic carbocycles. The fourth-order valence-electron chi connectivity index (χ4n) is 3.47. The standard InChI is InChI=1S/C27H31NO3/c1-18-11-12-19(2)23(15-18)28-26(29)20-13-14-24(30-6)21(16-20)17-31-25-10-8-7-9-22(25)27(3,4)5/h7-16H,17H2,1-6H3,(H,28,29). The number of para-hydroxylation sites is 1. The smallest absolute Gasteiger partial charge is 0.255 e. The number of benzene rings is 3. The zero-order valence-electron chi connectivity index (χ0n) is 19.2. The van der Waals surface area contributed by atoms with Crippen molar-refractivity contribution >= 4 is 11.6 Å². The highest BCUT2D eigenvalue weighted by Crippen LogP contribution is 2.32. The molecule has 0 heterocycles. The number of amides is 1. The topological polar surface area (TPSA) is 47.6 Å². The highest BCUT2D eigenvalue weighted by Gasteiger charge is 2.19. The molecule has 0 saturated carbocycles. The number of hydrogen-bond acceptors (Lipinski definition) is 3. The molecule has 3 rings (SSSR count). The first-order chi connectivity index (χ1) is 14.7. The van der Waals surface area contributed by atoms with Gasteiger partial charge in [-0.3, -0.25) is 4.79 Å². The summed E-state index contributed by atoms with van der Waals surface area (Å²) < 4.78 is 11.7. The van der Waals surface area contributed by atoms with Crippen LogP contribution in [-0.4, -0.2) is 13.0 Å². The molecule has 0 unspecified atom stereocenters. The van der Waals surface area contributed by atoms with E-state index in [1.807, 2.05) is 62.4 Å². The van der Waals surface area contributed by atoms with E-state index in [0.717, 1.165) is 33.7 Å². The number of carbonyl (C=O) groups excluding carboxylic acids is 1. The van der Waals surface area contributed by atoms with E-state index in [1.165, 1.54) is 0 Å². The second-order valence-corrected chi connectivity index (χ2v) is 8.83. The molecular formula is C27H31NO3. The molecule has 0 fully saturated rings. The van der Waals surface area contributed by atoms with Crippen molar-refractivity contribution in [3.05, 3.63) is 88.5 Å². The van der Waals surface area contributed by atoms with Crippen LogP contribution in [0.3, 0.4) is 0 Å². The van der Waals surface area contributed by atoms with Gasteiger partial charge in [-0.05, 0) is 66.3 Å². The van der Waals surface area contributed by atoms with E-state index in [1.54, 1.807) is 13.2 Å². The molecule has 0 atom stereocenters. The number of rotatable bonds is 6. The van der Waals surface area contributed by atoms with Crippen LogP contribution in [0.2, 0.25) is 0 Å². The minimum atomic E-state index is -0.160. The van der Waals surface area contributed by atoms with Crippen LogP contribution in [0.25, 0.3) is 0 Å². The van der Waals surface area contributed by atoms with Crippen molar-refractivity contribution in [2.45, 2.75) is 46.6 Å². The van der Waals surface area contributed by atoms with Crippen LogP contribution in [0.15, 0.2) is 60.7 Å². The predicted octanol–water partition coefficient (Wildman–Crippen LogP) is 6.44. The summed E-state index contributed by atoms with van der Waals surface area (Å²) in [6.07, 6.45) is 0. The maximum atomic E-state index is 12.9. The summed E-state index contributed by atoms with van der Waals surface area (Å²) in [4.78, 5) is 12.9. The predicted molar refractivity (Wildman–Crippen MR) is 126 cm³/mol. The number of hydrogen-bond donors (Lipinski definition) is 1. The van der Waals surface area contributed by atoms with Gasteiger partial charge in [-0.1, -0.05) is 51.1 Å². The van der Waals surface area contributed by atoms with Gasteiger partial charge in [0.15, 0.2) is 0 Å². The van der Waals surface area contributed by atoms with Crippen molar-refractivity contribution < 1.29 is 14.3 Å². The van der Waals surface area contributed by atoms with Gasteiger partial charge in [0.25, 0.3) is 5.91 Å². The van der Waals surface area contributed by atoms with Crippen molar-refractivity contribution in [3.8, 4) is 11.5 Å². The zero-order chi connectivity index (χ0) is 22.6. The van der Waals surface area contributed by atoms with E-state index < -0.39 is 0 Å². The minimum Gasteiger partial charge on any atom is -0.496 e. The Balaban J connectivity index is 1.83. The zero-order valence-corrected chi connectivity index (χ0v) is 19.2. The number of nitrogens with one attached hydrogen (secondary N) is 1. The van der Waals surface area contributed by atoms with Crippen LogP contribution < -0.4 is 14.8 Å². The summed E-state index contributed by atoms with van der Waals surface area (Å²) >= 11 is 0. The summed E-state index contributed by atoms with van der Waals surface area (Å²) in [7, 11) is 1.62. The van der Waals surface area contributed by atoms with Crippen molar-refractivity contribution in [3.63, 3.8) is 0 Å². The normalized spacial score (nSPS) is 11.2. The number of methoxy groups -OCH3 is 1. The lowest BCUT2D eigenvalue weighted by molar-refractivity contribution is 0.102. The lowest BCUT2D eigenvalue weighted by Crippen LogP contribution is -2.15. The Morgan fingerprint density at radius 2 is 1.68 bits per heavy atom. The van der Waals surface area contributed by atoms with Gasteiger partial charge in [0.1, 0.15) is 18.1 Å². The number of ether oxygens (including phenoxy) is 2. The van der Waals surface area contributed by atoms with Crippen LogP contribution in [-0.2, 0) is 12.0 Å². The van der Waals surface area contributed by atoms with Crippen molar-refractivity contribution in [1.29, 1.82) is 0 Å². The molecule has 0 aliphatic heterocycles. The number of anilines is 1. The Hall–Kier alpha value is -3.27. The Morgan fingerprint density at radius 3 is 2.39 bits per heavy atom. The summed E-state index contributed by atoms with van der Waals surface area (Å²) in [5, 5.41) is 3.01. The fraction of sp³-hybridized carbons (Fsp3) is 0.296. The largest absolute Gasteiger partial charge is 0.496 e. The van der Waals surface area contributed by atoms with Crippen LogP contribution in [0.1, 0.15) is 53.4 Å². The van der Waals surface area contributed by atoms with E-state index in [9.17, 15) is 4.79 Å². The first-order valence-electron chi connectivity index (χ1n) is 10.5. The molecule has 162 valence electrons. The highest BCUT2D eigenvalue weighted by atomic mass is 16.5. The molecular weight excluding hydrogens is 386 g/mol. The van der Waals surface area contributed by atoms with Gasteiger partial charge in [0, 0.05) is 16.8 Å². The molecule has 0 aliphatic rings. The molecule has 1 N–H and O–H groups in total. The van der Waals surface area contributed by atoms with Gasteiger partial charge in [-0.25, -0.2) is 0 Å². The maximum Gasteiger partial charge on any atom is 0.255 e. The third-order valence-electron chi connectivity index (χ3n) is 5.26. The molecule has 0 saturated heterocycles. The van der Waals surface area contributed by atoms with E-state index in [0.29, 0.717) is 17.9 Å². The molecule has 1 amide bonds. The van der Waals surface area contributed by atoms with Crippen molar-refractivity contribution in [1.82, 2.24) is 0 Å². The third-order valence-corrected chi connectivity index (χ3v) is 5.26. The van der Waals surface area contributed by atoms with Crippen LogP contribution in [0, 0.1) is 13.8 Å². The van der Waals surface area contributed by atoms with Gasteiger partial charge in [0.05, 0.1) is 7.11 Å². The average Bonchev–Trinajstić information content (AvgIpc) is 2.74. The summed E-state index contributed by atoms with van der Waals surface area (Å²) in [6.45, 7) is 10.8. The second kappa shape index (κ2) is 9.25. The average molecular weight is 418 g/mol. The van der Waals surface area contributed by atoms with Gasteiger partial charge < -0.3 is 14.8 Å². The first kappa shape index (κ1) is 22.4. The Labute approximate surface area is 185 Å². The molecule has 0 radical (unpaired) electrons. The molecule has 3 aromatic carbocycles. The SMILES string of the molecule is COc1ccc(C(=O)Nc2cc(C)ccc2C)cc1COc1ccccc1C(C)(C)C. The van der Waals surface area contributed by atoms with Gasteiger partial charge >= 0.3 is 0 Å². The quantitative estimate of drug-likeness (QED) is 0.502. The lowest BCUT2D eigenvalue weighted by atomic mass is 9.86. The van der Waals surface area contributed by atoms with Gasteiger partial charge in [-0.2, -0.15) is 0 Å². The monoisotopic (exact) mass is 417 g/mol.